The first-order valence-corrected chi connectivity index (χ1v) is 7.52. The molecule has 0 N–H and O–H groups in total. The Labute approximate surface area is 139 Å². The van der Waals surface area contributed by atoms with Gasteiger partial charge in [-0.1, -0.05) is 30.3 Å². The van der Waals surface area contributed by atoms with Crippen LogP contribution in [-0.4, -0.2) is 0 Å². The minimum atomic E-state index is -1.03. The van der Waals surface area contributed by atoms with Gasteiger partial charge in [-0.3, -0.25) is 0 Å². The van der Waals surface area contributed by atoms with E-state index in [4.69, 9.17) is 4.74 Å². The lowest BCUT2D eigenvalue weighted by atomic mass is 10.0. The normalized spacial score (nSPS) is 10.6. The molecule has 1 nitrogen and oxygen atoms in total. The zero-order valence-electron chi connectivity index (χ0n) is 11.7. The second-order valence-electron chi connectivity index (χ2n) is 4.78. The van der Waals surface area contributed by atoms with E-state index in [1.807, 2.05) is 6.07 Å². The second kappa shape index (κ2) is 6.46. The average Bonchev–Trinajstić information content (AvgIpc) is 2.56. The smallest absolute Gasteiger partial charge is 0.173 e. The van der Waals surface area contributed by atoms with E-state index in [1.165, 1.54) is 24.3 Å². The van der Waals surface area contributed by atoms with Crippen LogP contribution in [-0.2, 0) is 0 Å². The van der Waals surface area contributed by atoms with Gasteiger partial charge in [0.1, 0.15) is 5.75 Å². The SMILES string of the molecule is Fc1cc(-c2ccc(Br)c(F)c2F)ccc1Oc1ccccc1. The van der Waals surface area contributed by atoms with Gasteiger partial charge in [0.15, 0.2) is 23.2 Å². The molecule has 3 aromatic carbocycles. The minimum absolute atomic E-state index is 0.0120. The van der Waals surface area contributed by atoms with Crippen LogP contribution >= 0.6 is 15.9 Å². The third kappa shape index (κ3) is 3.24. The van der Waals surface area contributed by atoms with Crippen molar-refractivity contribution >= 4 is 15.9 Å². The molecule has 3 aromatic rings. The number of benzene rings is 3. The van der Waals surface area contributed by atoms with Gasteiger partial charge in [-0.25, -0.2) is 13.2 Å². The molecule has 0 aromatic heterocycles. The summed E-state index contributed by atoms with van der Waals surface area (Å²) in [6, 6.07) is 15.5. The second-order valence-corrected chi connectivity index (χ2v) is 5.64. The maximum atomic E-state index is 14.2. The van der Waals surface area contributed by atoms with Gasteiger partial charge in [0.2, 0.25) is 0 Å². The topological polar surface area (TPSA) is 9.23 Å². The number of halogens is 4. The van der Waals surface area contributed by atoms with Crippen molar-refractivity contribution < 1.29 is 17.9 Å². The van der Waals surface area contributed by atoms with Gasteiger partial charge in [-0.05, 0) is 51.8 Å². The zero-order chi connectivity index (χ0) is 16.4. The molecule has 23 heavy (non-hydrogen) atoms. The van der Waals surface area contributed by atoms with Crippen molar-refractivity contribution in [2.45, 2.75) is 0 Å². The summed E-state index contributed by atoms with van der Waals surface area (Å²) in [6.45, 7) is 0. The van der Waals surface area contributed by atoms with Crippen molar-refractivity contribution in [1.29, 1.82) is 0 Å². The lowest BCUT2D eigenvalue weighted by Crippen LogP contribution is -1.93. The maximum absolute atomic E-state index is 14.2. The van der Waals surface area contributed by atoms with E-state index in [2.05, 4.69) is 15.9 Å². The molecule has 0 radical (unpaired) electrons. The average molecular weight is 379 g/mol. The fraction of sp³-hybridized carbons (Fsp3) is 0. The van der Waals surface area contributed by atoms with Gasteiger partial charge in [0.25, 0.3) is 0 Å². The third-order valence-corrected chi connectivity index (χ3v) is 3.86. The molecule has 0 saturated carbocycles. The number of rotatable bonds is 3. The van der Waals surface area contributed by atoms with E-state index in [-0.39, 0.29) is 21.3 Å². The van der Waals surface area contributed by atoms with E-state index in [0.717, 1.165) is 6.07 Å². The molecule has 0 aliphatic carbocycles. The highest BCUT2D eigenvalue weighted by Crippen LogP contribution is 2.32. The van der Waals surface area contributed by atoms with Gasteiger partial charge in [-0.2, -0.15) is 0 Å². The van der Waals surface area contributed by atoms with Gasteiger partial charge in [0, 0.05) is 5.56 Å². The Morgan fingerprint density at radius 2 is 1.52 bits per heavy atom. The first-order valence-electron chi connectivity index (χ1n) is 6.72. The third-order valence-electron chi connectivity index (χ3n) is 3.25. The molecular formula is C18H10BrF3O. The Kier molecular flexibility index (Phi) is 4.39. The summed E-state index contributed by atoms with van der Waals surface area (Å²) < 4.78 is 47.2. The number of para-hydroxylation sites is 1. The van der Waals surface area contributed by atoms with Crippen molar-refractivity contribution in [2.75, 3.05) is 0 Å². The lowest BCUT2D eigenvalue weighted by Gasteiger charge is -2.10. The quantitative estimate of drug-likeness (QED) is 0.484. The molecule has 0 aliphatic rings. The molecule has 0 unspecified atom stereocenters. The molecule has 3 rings (SSSR count). The Hall–Kier alpha value is -2.27. The summed E-state index contributed by atoms with van der Waals surface area (Å²) in [5.41, 5.74) is 0.211. The Morgan fingerprint density at radius 3 is 2.22 bits per heavy atom. The van der Waals surface area contributed by atoms with Gasteiger partial charge in [0.05, 0.1) is 4.47 Å². The molecule has 0 atom stereocenters. The number of ether oxygens (including phenoxy) is 1. The van der Waals surface area contributed by atoms with Gasteiger partial charge >= 0.3 is 0 Å². The first kappa shape index (κ1) is 15.6. The monoisotopic (exact) mass is 378 g/mol. The zero-order valence-corrected chi connectivity index (χ0v) is 13.3. The van der Waals surface area contributed by atoms with Gasteiger partial charge in [-0.15, -0.1) is 0 Å². The van der Waals surface area contributed by atoms with Crippen molar-refractivity contribution in [3.05, 3.63) is 82.6 Å². The summed E-state index contributed by atoms with van der Waals surface area (Å²) >= 11 is 2.91. The highest BCUT2D eigenvalue weighted by atomic mass is 79.9. The summed E-state index contributed by atoms with van der Waals surface area (Å²) in [5, 5.41) is 0. The van der Waals surface area contributed by atoms with Crippen LogP contribution in [0, 0.1) is 17.5 Å². The van der Waals surface area contributed by atoms with E-state index in [9.17, 15) is 13.2 Å². The van der Waals surface area contributed by atoms with Crippen LogP contribution in [0.15, 0.2) is 65.1 Å². The van der Waals surface area contributed by atoms with Crippen molar-refractivity contribution in [2.24, 2.45) is 0 Å². The van der Waals surface area contributed by atoms with Crippen LogP contribution in [0.5, 0.6) is 11.5 Å². The molecule has 0 amide bonds. The summed E-state index contributed by atoms with van der Waals surface area (Å²) in [5.74, 6) is -2.20. The van der Waals surface area contributed by atoms with E-state index < -0.39 is 17.5 Å². The van der Waals surface area contributed by atoms with E-state index in [0.29, 0.717) is 5.75 Å². The van der Waals surface area contributed by atoms with Crippen molar-refractivity contribution in [3.63, 3.8) is 0 Å². The summed E-state index contributed by atoms with van der Waals surface area (Å²) in [6.07, 6.45) is 0. The van der Waals surface area contributed by atoms with Gasteiger partial charge < -0.3 is 4.74 Å². The Bertz CT molecular complexity index is 850. The molecule has 5 heteroatoms. The van der Waals surface area contributed by atoms with Crippen LogP contribution in [0.1, 0.15) is 0 Å². The van der Waals surface area contributed by atoms with Crippen LogP contribution in [0.25, 0.3) is 11.1 Å². The van der Waals surface area contributed by atoms with Crippen LogP contribution in [0.4, 0.5) is 13.2 Å². The first-order chi connectivity index (χ1) is 11.1. The van der Waals surface area contributed by atoms with E-state index in [1.54, 1.807) is 24.3 Å². The maximum Gasteiger partial charge on any atom is 0.173 e. The molecule has 116 valence electrons. The largest absolute Gasteiger partial charge is 0.454 e. The molecule has 0 bridgehead atoms. The Balaban J connectivity index is 1.95. The number of hydrogen-bond acceptors (Lipinski definition) is 1. The van der Waals surface area contributed by atoms with Crippen LogP contribution in [0.3, 0.4) is 0 Å². The molecular weight excluding hydrogens is 369 g/mol. The fourth-order valence-electron chi connectivity index (χ4n) is 2.12. The molecule has 0 aliphatic heterocycles. The fourth-order valence-corrected chi connectivity index (χ4v) is 2.42. The lowest BCUT2D eigenvalue weighted by molar-refractivity contribution is 0.442. The molecule has 0 saturated heterocycles. The van der Waals surface area contributed by atoms with E-state index >= 15 is 0 Å². The number of hydrogen-bond donors (Lipinski definition) is 0. The van der Waals surface area contributed by atoms with Crippen LogP contribution < -0.4 is 4.74 Å². The molecule has 0 spiro atoms. The minimum Gasteiger partial charge on any atom is -0.454 e. The van der Waals surface area contributed by atoms with Crippen molar-refractivity contribution in [3.8, 4) is 22.6 Å². The standard InChI is InChI=1S/C18H10BrF3O/c19-14-8-7-13(17(21)18(14)22)11-6-9-16(15(20)10-11)23-12-4-2-1-3-5-12/h1-10H. The predicted molar refractivity (Wildman–Crippen MR) is 86.0 cm³/mol. The highest BCUT2D eigenvalue weighted by Gasteiger charge is 2.15. The van der Waals surface area contributed by atoms with Crippen molar-refractivity contribution in [1.82, 2.24) is 0 Å². The Morgan fingerprint density at radius 1 is 0.783 bits per heavy atom. The predicted octanol–water partition coefficient (Wildman–Crippen LogP) is 6.33. The summed E-state index contributed by atoms with van der Waals surface area (Å²) in [4.78, 5) is 0. The van der Waals surface area contributed by atoms with Crippen LogP contribution in [0.2, 0.25) is 0 Å². The molecule has 0 fully saturated rings. The summed E-state index contributed by atoms with van der Waals surface area (Å²) in [7, 11) is 0. The highest BCUT2D eigenvalue weighted by molar-refractivity contribution is 9.10. The molecule has 0 heterocycles.